The largest absolute Gasteiger partial charge is 0.452 e. The normalized spacial score (nSPS) is 18.5. The molecule has 2 aromatic rings. The standard InChI is InChI=1S/C22H27N5O4/c1-16-7-5-6-10-19(16)23-22(30)24-20(28)15-31-21(29)12-11-18-14-27(26-25-18)13-17-8-3-2-4-9-17/h2-4,8-9,11-12,14,16,19H,5-7,10,13,15H2,1H3,(H2,23,24,28,30)/b12-11+/t16-,19+/m0/s1. The fourth-order valence-electron chi connectivity index (χ4n) is 3.47. The SMILES string of the molecule is C[C@H]1CCCC[C@H]1NC(=O)NC(=O)COC(=O)/C=C/c1cn(Cc2ccccc2)nn1. The molecule has 1 aromatic carbocycles. The van der Waals surface area contributed by atoms with Crippen molar-refractivity contribution >= 4 is 24.0 Å². The Morgan fingerprint density at radius 2 is 1.97 bits per heavy atom. The van der Waals surface area contributed by atoms with E-state index in [-0.39, 0.29) is 6.04 Å². The Bertz CT molecular complexity index is 925. The van der Waals surface area contributed by atoms with Gasteiger partial charge in [0.1, 0.15) is 5.69 Å². The molecule has 0 aliphatic heterocycles. The second-order valence-corrected chi connectivity index (χ2v) is 7.66. The third-order valence-electron chi connectivity index (χ3n) is 5.16. The summed E-state index contributed by atoms with van der Waals surface area (Å²) in [5.74, 6) is -1.02. The molecule has 1 aliphatic carbocycles. The predicted molar refractivity (Wildman–Crippen MR) is 114 cm³/mol. The lowest BCUT2D eigenvalue weighted by Gasteiger charge is -2.29. The topological polar surface area (TPSA) is 115 Å². The number of aromatic nitrogens is 3. The fraction of sp³-hybridized carbons (Fsp3) is 0.409. The van der Waals surface area contributed by atoms with Crippen LogP contribution in [0.2, 0.25) is 0 Å². The maximum Gasteiger partial charge on any atom is 0.331 e. The number of nitrogens with one attached hydrogen (secondary N) is 2. The molecule has 0 unspecified atom stereocenters. The predicted octanol–water partition coefficient (Wildman–Crippen LogP) is 2.29. The second kappa shape index (κ2) is 11.1. The van der Waals surface area contributed by atoms with Crippen LogP contribution in [0.1, 0.15) is 43.9 Å². The van der Waals surface area contributed by atoms with Gasteiger partial charge in [-0.1, -0.05) is 55.3 Å². The fourth-order valence-corrected chi connectivity index (χ4v) is 3.47. The highest BCUT2D eigenvalue weighted by Crippen LogP contribution is 2.23. The van der Waals surface area contributed by atoms with Crippen LogP contribution in [0.15, 0.2) is 42.6 Å². The Balaban J connectivity index is 1.38. The Kier molecular flexibility index (Phi) is 7.91. The van der Waals surface area contributed by atoms with Gasteiger partial charge in [0.2, 0.25) is 0 Å². The van der Waals surface area contributed by atoms with Crippen LogP contribution in [0.4, 0.5) is 4.79 Å². The number of carbonyl (C=O) groups is 3. The molecule has 0 bridgehead atoms. The van der Waals surface area contributed by atoms with Gasteiger partial charge in [0, 0.05) is 12.1 Å². The highest BCUT2D eigenvalue weighted by Gasteiger charge is 2.23. The van der Waals surface area contributed by atoms with Gasteiger partial charge in [0.15, 0.2) is 6.61 Å². The third-order valence-corrected chi connectivity index (χ3v) is 5.16. The zero-order chi connectivity index (χ0) is 22.1. The first kappa shape index (κ1) is 22.2. The van der Waals surface area contributed by atoms with Crippen molar-refractivity contribution in [1.29, 1.82) is 0 Å². The van der Waals surface area contributed by atoms with Gasteiger partial charge in [0.05, 0.1) is 12.7 Å². The first-order valence-corrected chi connectivity index (χ1v) is 10.4. The molecule has 1 aliphatic rings. The molecule has 0 radical (unpaired) electrons. The Morgan fingerprint density at radius 1 is 1.19 bits per heavy atom. The van der Waals surface area contributed by atoms with Gasteiger partial charge in [-0.2, -0.15) is 0 Å². The molecule has 1 saturated carbocycles. The number of urea groups is 1. The molecule has 2 N–H and O–H groups in total. The maximum absolute atomic E-state index is 11.9. The molecule has 1 aromatic heterocycles. The van der Waals surface area contributed by atoms with Crippen LogP contribution in [-0.4, -0.2) is 45.6 Å². The zero-order valence-corrected chi connectivity index (χ0v) is 17.5. The van der Waals surface area contributed by atoms with Gasteiger partial charge in [0.25, 0.3) is 5.91 Å². The Labute approximate surface area is 180 Å². The van der Waals surface area contributed by atoms with Crippen molar-refractivity contribution in [2.45, 2.75) is 45.2 Å². The molecule has 1 fully saturated rings. The van der Waals surface area contributed by atoms with Gasteiger partial charge >= 0.3 is 12.0 Å². The number of rotatable bonds is 7. The van der Waals surface area contributed by atoms with Gasteiger partial charge < -0.3 is 10.1 Å². The van der Waals surface area contributed by atoms with Crippen molar-refractivity contribution in [3.05, 3.63) is 53.9 Å². The lowest BCUT2D eigenvalue weighted by atomic mass is 9.86. The quantitative estimate of drug-likeness (QED) is 0.519. The summed E-state index contributed by atoms with van der Waals surface area (Å²) in [5.41, 5.74) is 1.56. The molecule has 31 heavy (non-hydrogen) atoms. The van der Waals surface area contributed by atoms with Crippen molar-refractivity contribution in [3.63, 3.8) is 0 Å². The van der Waals surface area contributed by atoms with Gasteiger partial charge in [-0.05, 0) is 30.4 Å². The van der Waals surface area contributed by atoms with Gasteiger partial charge in [-0.3, -0.25) is 10.1 Å². The first-order chi connectivity index (χ1) is 15.0. The molecule has 0 saturated heterocycles. The highest BCUT2D eigenvalue weighted by molar-refractivity contribution is 5.96. The van der Waals surface area contributed by atoms with Crippen molar-refractivity contribution in [2.24, 2.45) is 5.92 Å². The van der Waals surface area contributed by atoms with E-state index in [1.165, 1.54) is 6.08 Å². The van der Waals surface area contributed by atoms with E-state index < -0.39 is 24.5 Å². The van der Waals surface area contributed by atoms with E-state index in [2.05, 4.69) is 27.9 Å². The van der Waals surface area contributed by atoms with Crippen LogP contribution in [0.25, 0.3) is 6.08 Å². The van der Waals surface area contributed by atoms with E-state index in [1.807, 2.05) is 30.3 Å². The minimum Gasteiger partial charge on any atom is -0.452 e. The average molecular weight is 425 g/mol. The molecule has 9 heteroatoms. The number of hydrogen-bond acceptors (Lipinski definition) is 6. The summed E-state index contributed by atoms with van der Waals surface area (Å²) in [6.07, 6.45) is 8.49. The molecular formula is C22H27N5O4. The number of benzene rings is 1. The van der Waals surface area contributed by atoms with Crippen molar-refractivity contribution in [3.8, 4) is 0 Å². The van der Waals surface area contributed by atoms with E-state index in [9.17, 15) is 14.4 Å². The Hall–Kier alpha value is -3.49. The molecule has 2 atom stereocenters. The Morgan fingerprint density at radius 3 is 2.74 bits per heavy atom. The molecular weight excluding hydrogens is 398 g/mol. The molecule has 9 nitrogen and oxygen atoms in total. The minimum atomic E-state index is -0.714. The number of amides is 3. The number of esters is 1. The van der Waals surface area contributed by atoms with E-state index in [1.54, 1.807) is 10.9 Å². The summed E-state index contributed by atoms with van der Waals surface area (Å²) in [4.78, 5) is 35.6. The van der Waals surface area contributed by atoms with E-state index >= 15 is 0 Å². The molecule has 0 spiro atoms. The van der Waals surface area contributed by atoms with Crippen LogP contribution >= 0.6 is 0 Å². The van der Waals surface area contributed by atoms with E-state index in [4.69, 9.17) is 4.74 Å². The number of ether oxygens (including phenoxy) is 1. The maximum atomic E-state index is 11.9. The summed E-state index contributed by atoms with van der Waals surface area (Å²) < 4.78 is 6.52. The van der Waals surface area contributed by atoms with Crippen LogP contribution in [0.5, 0.6) is 0 Å². The number of imide groups is 1. The zero-order valence-electron chi connectivity index (χ0n) is 17.5. The second-order valence-electron chi connectivity index (χ2n) is 7.66. The smallest absolute Gasteiger partial charge is 0.331 e. The van der Waals surface area contributed by atoms with Crippen molar-refractivity contribution in [2.75, 3.05) is 6.61 Å². The van der Waals surface area contributed by atoms with E-state index in [0.717, 1.165) is 37.3 Å². The lowest BCUT2D eigenvalue weighted by Crippen LogP contribution is -2.48. The summed E-state index contributed by atoms with van der Waals surface area (Å²) in [7, 11) is 0. The number of nitrogens with zero attached hydrogens (tertiary/aromatic N) is 3. The summed E-state index contributed by atoms with van der Waals surface area (Å²) in [5, 5.41) is 13.0. The van der Waals surface area contributed by atoms with Crippen LogP contribution in [0.3, 0.4) is 0 Å². The van der Waals surface area contributed by atoms with Crippen molar-refractivity contribution in [1.82, 2.24) is 25.6 Å². The molecule has 164 valence electrons. The first-order valence-electron chi connectivity index (χ1n) is 10.4. The highest BCUT2D eigenvalue weighted by atomic mass is 16.5. The van der Waals surface area contributed by atoms with Crippen LogP contribution < -0.4 is 10.6 Å². The summed E-state index contributed by atoms with van der Waals surface area (Å²) >= 11 is 0. The molecule has 3 amide bonds. The van der Waals surface area contributed by atoms with E-state index in [0.29, 0.717) is 18.2 Å². The summed E-state index contributed by atoms with van der Waals surface area (Å²) in [6.45, 7) is 2.10. The van der Waals surface area contributed by atoms with Crippen molar-refractivity contribution < 1.29 is 19.1 Å². The average Bonchev–Trinajstić information content (AvgIpc) is 3.20. The number of hydrogen-bond donors (Lipinski definition) is 2. The molecule has 3 rings (SSSR count). The lowest BCUT2D eigenvalue weighted by molar-refractivity contribution is -0.143. The summed E-state index contributed by atoms with van der Waals surface area (Å²) in [6, 6.07) is 9.28. The molecule has 1 heterocycles. The minimum absolute atomic E-state index is 0.0577. The van der Waals surface area contributed by atoms with Crippen LogP contribution in [-0.2, 0) is 20.9 Å². The monoisotopic (exact) mass is 425 g/mol. The van der Waals surface area contributed by atoms with Gasteiger partial charge in [-0.15, -0.1) is 5.10 Å². The number of carbonyl (C=O) groups excluding carboxylic acids is 3. The van der Waals surface area contributed by atoms with Gasteiger partial charge in [-0.25, -0.2) is 14.3 Å². The van der Waals surface area contributed by atoms with Crippen LogP contribution in [0, 0.1) is 5.92 Å². The third kappa shape index (κ3) is 7.36.